The molecule has 0 aliphatic carbocycles. The van der Waals surface area contributed by atoms with E-state index in [1.807, 2.05) is 0 Å². The first kappa shape index (κ1) is 7.39. The highest BCUT2D eigenvalue weighted by Gasteiger charge is 2.05. The van der Waals surface area contributed by atoms with Crippen LogP contribution >= 0.6 is 0 Å². The number of hydrogen-bond acceptors (Lipinski definition) is 1. The van der Waals surface area contributed by atoms with Crippen molar-refractivity contribution in [3.63, 3.8) is 0 Å². The summed E-state index contributed by atoms with van der Waals surface area (Å²) in [6, 6.07) is 0.588. The molecule has 1 unspecified atom stereocenters. The molecule has 0 bridgehead atoms. The highest BCUT2D eigenvalue weighted by atomic mass is 15.1. The Bertz CT molecular complexity index is 147. The van der Waals surface area contributed by atoms with E-state index in [1.54, 1.807) is 0 Å². The van der Waals surface area contributed by atoms with Crippen molar-refractivity contribution in [3.05, 3.63) is 24.4 Å². The van der Waals surface area contributed by atoms with Crippen molar-refractivity contribution in [2.24, 2.45) is 0 Å². The number of nitrogens with zero attached hydrogens (tertiary/aromatic N) is 1. The predicted molar refractivity (Wildman–Crippen MR) is 44.7 cm³/mol. The minimum absolute atomic E-state index is 0.588. The van der Waals surface area contributed by atoms with Gasteiger partial charge in [-0.3, -0.25) is 0 Å². The Labute approximate surface area is 63.0 Å². The maximum Gasteiger partial charge on any atom is 0.0442 e. The maximum atomic E-state index is 2.35. The van der Waals surface area contributed by atoms with E-state index in [1.165, 1.54) is 13.0 Å². The van der Waals surface area contributed by atoms with Crippen molar-refractivity contribution < 1.29 is 0 Å². The van der Waals surface area contributed by atoms with E-state index in [4.69, 9.17) is 0 Å². The number of allylic oxidation sites excluding steroid dienone is 2. The Kier molecular flexibility index (Phi) is 2.55. The van der Waals surface area contributed by atoms with Crippen LogP contribution in [0.1, 0.15) is 20.3 Å². The smallest absolute Gasteiger partial charge is 0.0442 e. The van der Waals surface area contributed by atoms with Crippen LogP contribution in [0.15, 0.2) is 24.4 Å². The van der Waals surface area contributed by atoms with E-state index in [0.717, 1.165) is 0 Å². The van der Waals surface area contributed by atoms with Crippen LogP contribution in [0.2, 0.25) is 0 Å². The van der Waals surface area contributed by atoms with Crippen molar-refractivity contribution in [3.8, 4) is 0 Å². The Balaban J connectivity index is 2.44. The zero-order valence-corrected chi connectivity index (χ0v) is 6.75. The van der Waals surface area contributed by atoms with Crippen molar-refractivity contribution >= 4 is 0 Å². The Hall–Kier alpha value is -0.720. The molecule has 1 aliphatic rings. The van der Waals surface area contributed by atoms with Gasteiger partial charge in [0.05, 0.1) is 0 Å². The summed E-state index contributed by atoms with van der Waals surface area (Å²) in [5.41, 5.74) is 0. The minimum atomic E-state index is 0.588. The van der Waals surface area contributed by atoms with E-state index >= 15 is 0 Å². The average Bonchev–Trinajstić information content (AvgIpc) is 1.94. The fourth-order valence-corrected chi connectivity index (χ4v) is 1.17. The maximum absolute atomic E-state index is 2.35. The largest absolute Gasteiger partial charge is 0.371 e. The van der Waals surface area contributed by atoms with Gasteiger partial charge in [0.15, 0.2) is 0 Å². The van der Waals surface area contributed by atoms with E-state index < -0.39 is 0 Å². The molecule has 56 valence electrons. The van der Waals surface area contributed by atoms with Gasteiger partial charge in [-0.05, 0) is 25.6 Å². The van der Waals surface area contributed by atoms with E-state index in [0.29, 0.717) is 6.04 Å². The number of rotatable bonds is 2. The predicted octanol–water partition coefficient (Wildman–Crippen LogP) is 2.17. The summed E-state index contributed by atoms with van der Waals surface area (Å²) in [5, 5.41) is 0. The van der Waals surface area contributed by atoms with E-state index in [-0.39, 0.29) is 0 Å². The second-order valence-corrected chi connectivity index (χ2v) is 2.70. The fourth-order valence-electron chi connectivity index (χ4n) is 1.17. The van der Waals surface area contributed by atoms with Crippen LogP contribution in [0.5, 0.6) is 0 Å². The molecule has 0 spiro atoms. The van der Waals surface area contributed by atoms with Crippen LogP contribution < -0.4 is 0 Å². The van der Waals surface area contributed by atoms with Crippen molar-refractivity contribution in [1.29, 1.82) is 0 Å². The molecular weight excluding hydrogens is 122 g/mol. The van der Waals surface area contributed by atoms with Gasteiger partial charge < -0.3 is 4.90 Å². The SMILES string of the molecule is CCCN1C=CC=CC1C. The molecule has 1 heteroatoms. The van der Waals surface area contributed by atoms with Gasteiger partial charge >= 0.3 is 0 Å². The Morgan fingerprint density at radius 2 is 2.20 bits per heavy atom. The molecule has 0 aromatic rings. The summed E-state index contributed by atoms with van der Waals surface area (Å²) in [6.07, 6.45) is 9.80. The first-order valence-electron chi connectivity index (χ1n) is 3.95. The first-order chi connectivity index (χ1) is 4.84. The highest BCUT2D eigenvalue weighted by Crippen LogP contribution is 2.07. The summed E-state index contributed by atoms with van der Waals surface area (Å²) < 4.78 is 0. The van der Waals surface area contributed by atoms with Gasteiger partial charge in [-0.2, -0.15) is 0 Å². The molecule has 10 heavy (non-hydrogen) atoms. The molecule has 0 fully saturated rings. The van der Waals surface area contributed by atoms with Gasteiger partial charge in [-0.15, -0.1) is 0 Å². The molecule has 0 N–H and O–H groups in total. The molecule has 1 rings (SSSR count). The molecule has 1 nitrogen and oxygen atoms in total. The highest BCUT2D eigenvalue weighted by molar-refractivity contribution is 5.11. The second kappa shape index (κ2) is 3.45. The van der Waals surface area contributed by atoms with Crippen LogP contribution in [0.3, 0.4) is 0 Å². The lowest BCUT2D eigenvalue weighted by molar-refractivity contribution is 0.333. The molecule has 1 heterocycles. The van der Waals surface area contributed by atoms with Gasteiger partial charge in [0.2, 0.25) is 0 Å². The van der Waals surface area contributed by atoms with Gasteiger partial charge in [-0.25, -0.2) is 0 Å². The second-order valence-electron chi connectivity index (χ2n) is 2.70. The van der Waals surface area contributed by atoms with E-state index in [2.05, 4.69) is 43.2 Å². The average molecular weight is 137 g/mol. The Morgan fingerprint density at radius 1 is 1.40 bits per heavy atom. The monoisotopic (exact) mass is 137 g/mol. The molecule has 0 radical (unpaired) electrons. The zero-order valence-electron chi connectivity index (χ0n) is 6.75. The summed E-state index contributed by atoms with van der Waals surface area (Å²) >= 11 is 0. The van der Waals surface area contributed by atoms with Crippen LogP contribution in [-0.2, 0) is 0 Å². The first-order valence-corrected chi connectivity index (χ1v) is 3.95. The summed E-state index contributed by atoms with van der Waals surface area (Å²) in [6.45, 7) is 5.59. The third-order valence-corrected chi connectivity index (χ3v) is 1.78. The molecule has 1 aliphatic heterocycles. The fraction of sp³-hybridized carbons (Fsp3) is 0.556. The standard InChI is InChI=1S/C9H15N/c1-3-7-10-8-5-4-6-9(10)2/h4-6,8-9H,3,7H2,1-2H3. The van der Waals surface area contributed by atoms with Gasteiger partial charge in [0.1, 0.15) is 0 Å². The topological polar surface area (TPSA) is 3.24 Å². The molecular formula is C9H15N. The van der Waals surface area contributed by atoms with Crippen LogP contribution in [-0.4, -0.2) is 17.5 Å². The Morgan fingerprint density at radius 3 is 2.80 bits per heavy atom. The third kappa shape index (κ3) is 1.63. The summed E-state index contributed by atoms with van der Waals surface area (Å²) in [7, 11) is 0. The van der Waals surface area contributed by atoms with Crippen molar-refractivity contribution in [1.82, 2.24) is 4.90 Å². The lowest BCUT2D eigenvalue weighted by atomic mass is 10.2. The third-order valence-electron chi connectivity index (χ3n) is 1.78. The zero-order chi connectivity index (χ0) is 7.40. The lowest BCUT2D eigenvalue weighted by Gasteiger charge is -2.26. The molecule has 0 amide bonds. The summed E-state index contributed by atoms with van der Waals surface area (Å²) in [5.74, 6) is 0. The molecule has 0 saturated heterocycles. The minimum Gasteiger partial charge on any atom is -0.371 e. The quantitative estimate of drug-likeness (QED) is 0.564. The van der Waals surface area contributed by atoms with Crippen LogP contribution in [0.4, 0.5) is 0 Å². The van der Waals surface area contributed by atoms with Crippen LogP contribution in [0, 0.1) is 0 Å². The lowest BCUT2D eigenvalue weighted by Crippen LogP contribution is -2.28. The molecule has 0 saturated carbocycles. The molecule has 0 aromatic heterocycles. The van der Waals surface area contributed by atoms with Crippen LogP contribution in [0.25, 0.3) is 0 Å². The molecule has 1 atom stereocenters. The number of hydrogen-bond donors (Lipinski definition) is 0. The van der Waals surface area contributed by atoms with E-state index in [9.17, 15) is 0 Å². The van der Waals surface area contributed by atoms with Gasteiger partial charge in [0.25, 0.3) is 0 Å². The van der Waals surface area contributed by atoms with Gasteiger partial charge in [0, 0.05) is 12.6 Å². The van der Waals surface area contributed by atoms with Crippen molar-refractivity contribution in [2.45, 2.75) is 26.3 Å². The van der Waals surface area contributed by atoms with Crippen molar-refractivity contribution in [2.75, 3.05) is 6.54 Å². The summed E-state index contributed by atoms with van der Waals surface area (Å²) in [4.78, 5) is 2.35. The molecule has 0 aromatic carbocycles. The normalized spacial score (nSPS) is 23.8. The van der Waals surface area contributed by atoms with Gasteiger partial charge in [-0.1, -0.05) is 19.1 Å².